The number of hydrogen-bond acceptors (Lipinski definition) is 7. The molecule has 0 amide bonds. The highest BCUT2D eigenvalue weighted by Gasteiger charge is 2.11. The van der Waals surface area contributed by atoms with Gasteiger partial charge in [-0.05, 0) is 36.2 Å². The Morgan fingerprint density at radius 2 is 1.96 bits per heavy atom. The molecule has 1 aromatic heterocycles. The molecule has 2 aromatic carbocycles. The minimum atomic E-state index is -0.402. The molecule has 3 aromatic rings. The van der Waals surface area contributed by atoms with E-state index >= 15 is 0 Å². The summed E-state index contributed by atoms with van der Waals surface area (Å²) in [6.45, 7) is 3.97. The molecule has 3 rings (SSSR count). The number of nitrogens with one attached hydrogen (secondary N) is 1. The van der Waals surface area contributed by atoms with Gasteiger partial charge < -0.3 is 9.73 Å². The van der Waals surface area contributed by atoms with Crippen LogP contribution in [0.1, 0.15) is 24.5 Å². The number of hydrogen-bond donors (Lipinski definition) is 1. The number of nitrogens with zero attached hydrogens (tertiary/aromatic N) is 3. The van der Waals surface area contributed by atoms with E-state index in [2.05, 4.69) is 22.4 Å². The van der Waals surface area contributed by atoms with Crippen LogP contribution >= 0.6 is 11.8 Å². The van der Waals surface area contributed by atoms with E-state index in [0.717, 1.165) is 30.6 Å². The van der Waals surface area contributed by atoms with Gasteiger partial charge in [0.05, 0.1) is 4.92 Å². The molecule has 7 nitrogen and oxygen atoms in total. The Bertz CT molecular complexity index is 896. The first-order chi connectivity index (χ1) is 13.2. The first-order valence-corrected chi connectivity index (χ1v) is 9.64. The van der Waals surface area contributed by atoms with Crippen molar-refractivity contribution in [3.63, 3.8) is 0 Å². The molecule has 0 aliphatic carbocycles. The van der Waals surface area contributed by atoms with Crippen molar-refractivity contribution in [3.8, 4) is 11.5 Å². The van der Waals surface area contributed by atoms with E-state index in [0.29, 0.717) is 16.9 Å². The second-order valence-corrected chi connectivity index (χ2v) is 6.89. The average Bonchev–Trinajstić information content (AvgIpc) is 3.16. The van der Waals surface area contributed by atoms with E-state index in [1.54, 1.807) is 12.1 Å². The van der Waals surface area contributed by atoms with Crippen molar-refractivity contribution in [2.24, 2.45) is 0 Å². The highest BCUT2D eigenvalue weighted by Crippen LogP contribution is 2.27. The third kappa shape index (κ3) is 5.38. The second kappa shape index (κ2) is 9.29. The van der Waals surface area contributed by atoms with Crippen LogP contribution in [0.15, 0.2) is 58.2 Å². The molecule has 0 bridgehead atoms. The number of non-ortho nitro benzene ring substituents is 1. The molecule has 0 spiro atoms. The number of rotatable bonds is 9. The fourth-order valence-electron chi connectivity index (χ4n) is 2.46. The van der Waals surface area contributed by atoms with Crippen LogP contribution in [0, 0.1) is 10.1 Å². The Kier molecular flexibility index (Phi) is 6.56. The van der Waals surface area contributed by atoms with Gasteiger partial charge >= 0.3 is 0 Å². The maximum atomic E-state index is 10.8. The van der Waals surface area contributed by atoms with Crippen LogP contribution in [-0.4, -0.2) is 21.7 Å². The minimum Gasteiger partial charge on any atom is -0.411 e. The van der Waals surface area contributed by atoms with E-state index in [1.165, 1.54) is 23.4 Å². The van der Waals surface area contributed by atoms with Gasteiger partial charge in [-0.2, -0.15) is 0 Å². The molecule has 1 N–H and O–H groups in total. The van der Waals surface area contributed by atoms with Crippen LogP contribution in [0.2, 0.25) is 0 Å². The van der Waals surface area contributed by atoms with Crippen LogP contribution in [0.25, 0.3) is 11.5 Å². The molecule has 8 heteroatoms. The van der Waals surface area contributed by atoms with Crippen molar-refractivity contribution in [2.45, 2.75) is 30.9 Å². The molecule has 0 saturated heterocycles. The Hall–Kier alpha value is -2.71. The van der Waals surface area contributed by atoms with Crippen molar-refractivity contribution in [2.75, 3.05) is 6.54 Å². The average molecular weight is 384 g/mol. The largest absolute Gasteiger partial charge is 0.411 e. The summed E-state index contributed by atoms with van der Waals surface area (Å²) in [6.07, 6.45) is 1.11. The number of nitro groups is 1. The lowest BCUT2D eigenvalue weighted by molar-refractivity contribution is -0.384. The lowest BCUT2D eigenvalue weighted by atomic mass is 10.1. The standard InChI is InChI=1S/C19H20N4O3S/c1-2-10-20-12-14-6-8-16(9-7-14)18-21-22-19(26-18)27-13-15-4-3-5-17(11-15)23(24)25/h3-9,11,20H,2,10,12-13H2,1H3. The van der Waals surface area contributed by atoms with Crippen LogP contribution in [0.4, 0.5) is 5.69 Å². The third-order valence-electron chi connectivity index (χ3n) is 3.85. The minimum absolute atomic E-state index is 0.0767. The predicted molar refractivity (Wildman–Crippen MR) is 104 cm³/mol. The zero-order valence-electron chi connectivity index (χ0n) is 14.9. The molecule has 0 saturated carbocycles. The van der Waals surface area contributed by atoms with Crippen LogP contribution in [0.3, 0.4) is 0 Å². The summed E-state index contributed by atoms with van der Waals surface area (Å²) in [7, 11) is 0. The van der Waals surface area contributed by atoms with Gasteiger partial charge in [0.25, 0.3) is 10.9 Å². The van der Waals surface area contributed by atoms with Gasteiger partial charge in [-0.25, -0.2) is 0 Å². The van der Waals surface area contributed by atoms with Gasteiger partial charge in [0.15, 0.2) is 0 Å². The molecule has 140 valence electrons. The number of benzene rings is 2. The fraction of sp³-hybridized carbons (Fsp3) is 0.263. The van der Waals surface area contributed by atoms with Crippen LogP contribution < -0.4 is 5.32 Å². The second-order valence-electron chi connectivity index (χ2n) is 5.96. The van der Waals surface area contributed by atoms with Crippen LogP contribution in [-0.2, 0) is 12.3 Å². The molecule has 27 heavy (non-hydrogen) atoms. The molecule has 0 atom stereocenters. The summed E-state index contributed by atoms with van der Waals surface area (Å²) in [4.78, 5) is 10.4. The monoisotopic (exact) mass is 384 g/mol. The molecule has 0 unspecified atom stereocenters. The maximum Gasteiger partial charge on any atom is 0.277 e. The number of aromatic nitrogens is 2. The van der Waals surface area contributed by atoms with Crippen molar-refractivity contribution in [1.82, 2.24) is 15.5 Å². The van der Waals surface area contributed by atoms with E-state index in [-0.39, 0.29) is 5.69 Å². The molecule has 0 radical (unpaired) electrons. The van der Waals surface area contributed by atoms with Crippen molar-refractivity contribution in [1.29, 1.82) is 0 Å². The zero-order chi connectivity index (χ0) is 19.1. The number of nitro benzene ring substituents is 1. The lowest BCUT2D eigenvalue weighted by Crippen LogP contribution is -2.13. The zero-order valence-corrected chi connectivity index (χ0v) is 15.7. The van der Waals surface area contributed by atoms with E-state index < -0.39 is 4.92 Å². The van der Waals surface area contributed by atoms with Gasteiger partial charge in [-0.15, -0.1) is 10.2 Å². The normalized spacial score (nSPS) is 10.9. The Morgan fingerprint density at radius 3 is 2.70 bits per heavy atom. The quantitative estimate of drug-likeness (QED) is 0.252. The summed E-state index contributed by atoms with van der Waals surface area (Å²) in [5.41, 5.74) is 2.97. The fourth-order valence-corrected chi connectivity index (χ4v) is 3.17. The van der Waals surface area contributed by atoms with Crippen LogP contribution in [0.5, 0.6) is 0 Å². The first kappa shape index (κ1) is 19.1. The summed E-state index contributed by atoms with van der Waals surface area (Å²) >= 11 is 1.35. The Morgan fingerprint density at radius 1 is 1.15 bits per heavy atom. The Labute approximate surface area is 161 Å². The van der Waals surface area contributed by atoms with E-state index in [4.69, 9.17) is 4.42 Å². The predicted octanol–water partition coefficient (Wildman–Crippen LogP) is 4.44. The Balaban J connectivity index is 1.59. The summed E-state index contributed by atoms with van der Waals surface area (Å²) in [5.74, 6) is 0.982. The molecule has 1 heterocycles. The lowest BCUT2D eigenvalue weighted by Gasteiger charge is -2.03. The van der Waals surface area contributed by atoms with E-state index in [1.807, 2.05) is 30.3 Å². The van der Waals surface area contributed by atoms with Gasteiger partial charge in [0.2, 0.25) is 5.89 Å². The van der Waals surface area contributed by atoms with Crippen molar-refractivity contribution in [3.05, 3.63) is 69.8 Å². The molecular weight excluding hydrogens is 364 g/mol. The summed E-state index contributed by atoms with van der Waals surface area (Å²) < 4.78 is 5.70. The van der Waals surface area contributed by atoms with Crippen molar-refractivity contribution < 1.29 is 9.34 Å². The van der Waals surface area contributed by atoms with E-state index in [9.17, 15) is 10.1 Å². The number of thioether (sulfide) groups is 1. The highest BCUT2D eigenvalue weighted by atomic mass is 32.2. The van der Waals surface area contributed by atoms with Gasteiger partial charge in [0, 0.05) is 30.0 Å². The molecular formula is C19H20N4O3S. The smallest absolute Gasteiger partial charge is 0.277 e. The van der Waals surface area contributed by atoms with Gasteiger partial charge in [-0.3, -0.25) is 10.1 Å². The first-order valence-electron chi connectivity index (χ1n) is 8.65. The van der Waals surface area contributed by atoms with Gasteiger partial charge in [0.1, 0.15) is 0 Å². The highest BCUT2D eigenvalue weighted by molar-refractivity contribution is 7.98. The van der Waals surface area contributed by atoms with Crippen molar-refractivity contribution >= 4 is 17.4 Å². The molecule has 0 aliphatic heterocycles. The maximum absolute atomic E-state index is 10.8. The van der Waals surface area contributed by atoms with Gasteiger partial charge in [-0.1, -0.05) is 43.0 Å². The summed E-state index contributed by atoms with van der Waals surface area (Å²) in [5, 5.41) is 22.8. The summed E-state index contributed by atoms with van der Waals surface area (Å²) in [6, 6.07) is 14.5. The third-order valence-corrected chi connectivity index (χ3v) is 4.74. The molecule has 0 fully saturated rings. The molecule has 0 aliphatic rings. The SMILES string of the molecule is CCCNCc1ccc(-c2nnc(SCc3cccc([N+](=O)[O-])c3)o2)cc1. The topological polar surface area (TPSA) is 94.1 Å².